The van der Waals surface area contributed by atoms with Gasteiger partial charge in [-0.25, -0.2) is 0 Å². The summed E-state index contributed by atoms with van der Waals surface area (Å²) in [5, 5.41) is 16.0. The molecule has 0 spiro atoms. The van der Waals surface area contributed by atoms with Crippen molar-refractivity contribution in [2.24, 2.45) is 62.1 Å². The fourth-order valence-electron chi connectivity index (χ4n) is 14.9. The summed E-state index contributed by atoms with van der Waals surface area (Å²) in [6.07, 6.45) is 11.2. The summed E-state index contributed by atoms with van der Waals surface area (Å²) < 4.78 is 11.6. The third kappa shape index (κ3) is 5.00. The van der Waals surface area contributed by atoms with Gasteiger partial charge in [-0.1, -0.05) is 55.4 Å². The molecule has 8 rings (SSSR count). The standard InChI is InChI=1S/C46H64N2O8/c1-25(2)33-29(49)22-46(48-37(53)40(5,6)47-35(50)26-15-20-55-23-26)19-18-42(8)27(34(33)46)11-12-31-41(7)16-14-32(39(3,4)30(41)13-17-43(31,42)9)56-38(54)45-21-28(36(51)52)44(45,10)24-45/h15,20,23,25,27-28,30-32H,11-14,16-19,21-22,24H2,1-10H3,(H,47,50)(H,48,53)(H,51,52)/t27-,28+,30+,31-,32+,41+,42-,43-,44-,45+,46-/m1/s1. The molecule has 7 aliphatic rings. The number of allylic oxidation sites excluding steroid dienone is 1. The van der Waals surface area contributed by atoms with E-state index in [0.717, 1.165) is 56.1 Å². The largest absolute Gasteiger partial charge is 0.481 e. The zero-order valence-corrected chi connectivity index (χ0v) is 35.3. The summed E-state index contributed by atoms with van der Waals surface area (Å²) in [7, 11) is 0. The number of ketones is 1. The van der Waals surface area contributed by atoms with Gasteiger partial charge in [0.2, 0.25) is 5.91 Å². The fraction of sp³-hybridized carbons (Fsp3) is 0.761. The number of carbonyl (C=O) groups excluding carboxylic acids is 4. The number of amides is 2. The smallest absolute Gasteiger partial charge is 0.312 e. The normalized spacial score (nSPS) is 43.3. The van der Waals surface area contributed by atoms with Crippen molar-refractivity contribution < 1.29 is 38.2 Å². The van der Waals surface area contributed by atoms with E-state index < -0.39 is 39.7 Å². The highest BCUT2D eigenvalue weighted by atomic mass is 16.5. The summed E-state index contributed by atoms with van der Waals surface area (Å²) in [4.78, 5) is 66.9. The van der Waals surface area contributed by atoms with E-state index in [0.29, 0.717) is 36.7 Å². The molecule has 10 heteroatoms. The number of carboxylic acids is 1. The molecule has 10 nitrogen and oxygen atoms in total. The SMILES string of the molecule is CC(C)C1=C2[C@H]3CC[C@@H]4[C@@]5(C)CC[C@H](OC(=O)[C@@]67C[C@@H](C(=O)O)[C@@]6(C)C7)C(C)(C)[C@@H]5CC[C@@]4(C)[C@]3(C)CC[C@@]2(NC(=O)C(C)(C)NC(=O)c2ccoc2)CC1=O. The Balaban J connectivity index is 1.05. The average Bonchev–Trinajstić information content (AvgIpc) is 3.50. The number of carboxylic acid groups (broad SMARTS) is 1. The first kappa shape index (κ1) is 39.4. The molecular formula is C46H64N2O8. The molecule has 0 unspecified atom stereocenters. The molecule has 56 heavy (non-hydrogen) atoms. The Morgan fingerprint density at radius 3 is 2.25 bits per heavy atom. The molecule has 0 radical (unpaired) electrons. The number of ether oxygens (including phenoxy) is 1. The predicted octanol–water partition coefficient (Wildman–Crippen LogP) is 8.05. The lowest BCUT2D eigenvalue weighted by molar-refractivity contribution is -0.234. The third-order valence-electron chi connectivity index (χ3n) is 18.4. The fourth-order valence-corrected chi connectivity index (χ4v) is 14.9. The molecule has 0 aromatic carbocycles. The summed E-state index contributed by atoms with van der Waals surface area (Å²) in [6, 6.07) is 1.57. The molecule has 3 N–H and O–H groups in total. The second kappa shape index (κ2) is 12.1. The van der Waals surface area contributed by atoms with E-state index in [1.54, 1.807) is 19.9 Å². The monoisotopic (exact) mass is 772 g/mol. The number of esters is 1. The first-order valence-corrected chi connectivity index (χ1v) is 21.3. The van der Waals surface area contributed by atoms with E-state index >= 15 is 0 Å². The van der Waals surface area contributed by atoms with Crippen LogP contribution in [0.5, 0.6) is 0 Å². The maximum absolute atomic E-state index is 14.2. The molecule has 0 bridgehead atoms. The highest BCUT2D eigenvalue weighted by molar-refractivity contribution is 6.03. The van der Waals surface area contributed by atoms with E-state index in [1.165, 1.54) is 12.5 Å². The Labute approximate surface area is 332 Å². The molecule has 0 saturated heterocycles. The predicted molar refractivity (Wildman–Crippen MR) is 209 cm³/mol. The lowest BCUT2D eigenvalue weighted by atomic mass is 9.33. The lowest BCUT2D eigenvalue weighted by Crippen LogP contribution is -2.68. The van der Waals surface area contributed by atoms with Crippen LogP contribution in [0, 0.1) is 62.1 Å². The Bertz CT molecular complexity index is 1930. The Kier molecular flexibility index (Phi) is 8.49. The van der Waals surface area contributed by atoms with E-state index in [2.05, 4.69) is 59.1 Å². The second-order valence-electron chi connectivity index (χ2n) is 21.8. The number of fused-ring (bicyclic) bond motifs is 8. The van der Waals surface area contributed by atoms with Crippen LogP contribution in [0.25, 0.3) is 0 Å². The molecule has 1 heterocycles. The number of hydrogen-bond acceptors (Lipinski definition) is 7. The molecule has 11 atom stereocenters. The van der Waals surface area contributed by atoms with Crippen molar-refractivity contribution in [3.63, 3.8) is 0 Å². The van der Waals surface area contributed by atoms with Gasteiger partial charge in [0.25, 0.3) is 5.91 Å². The van der Waals surface area contributed by atoms with Gasteiger partial charge < -0.3 is 24.9 Å². The lowest BCUT2D eigenvalue weighted by Gasteiger charge is -2.72. The minimum Gasteiger partial charge on any atom is -0.481 e. The summed E-state index contributed by atoms with van der Waals surface area (Å²) in [6.45, 7) is 21.7. The molecule has 7 aliphatic carbocycles. The maximum Gasteiger partial charge on any atom is 0.312 e. The van der Waals surface area contributed by atoms with Crippen LogP contribution in [0.4, 0.5) is 0 Å². The Morgan fingerprint density at radius 1 is 0.911 bits per heavy atom. The number of hydrogen-bond donors (Lipinski definition) is 3. The van der Waals surface area contributed by atoms with Crippen molar-refractivity contribution in [2.75, 3.05) is 0 Å². The van der Waals surface area contributed by atoms with Gasteiger partial charge in [-0.15, -0.1) is 0 Å². The average molecular weight is 773 g/mol. The van der Waals surface area contributed by atoms with Crippen LogP contribution in [-0.2, 0) is 23.9 Å². The molecule has 6 saturated carbocycles. The Hall–Kier alpha value is -3.43. The van der Waals surface area contributed by atoms with E-state index in [-0.39, 0.29) is 63.7 Å². The number of furan rings is 1. The van der Waals surface area contributed by atoms with Crippen LogP contribution in [0.15, 0.2) is 34.2 Å². The van der Waals surface area contributed by atoms with Gasteiger partial charge in [0.15, 0.2) is 5.78 Å². The van der Waals surface area contributed by atoms with Crippen LogP contribution in [0.2, 0.25) is 0 Å². The van der Waals surface area contributed by atoms with Crippen molar-refractivity contribution in [1.82, 2.24) is 10.6 Å². The maximum atomic E-state index is 14.2. The van der Waals surface area contributed by atoms with Crippen LogP contribution >= 0.6 is 0 Å². The van der Waals surface area contributed by atoms with E-state index in [4.69, 9.17) is 9.15 Å². The van der Waals surface area contributed by atoms with Gasteiger partial charge in [0, 0.05) is 11.8 Å². The minimum absolute atomic E-state index is 0.0118. The number of nitrogens with one attached hydrogen (secondary N) is 2. The zero-order valence-electron chi connectivity index (χ0n) is 35.3. The zero-order chi connectivity index (χ0) is 40.8. The van der Waals surface area contributed by atoms with Gasteiger partial charge in [0.05, 0.1) is 28.7 Å². The van der Waals surface area contributed by atoms with Crippen molar-refractivity contribution in [3.8, 4) is 0 Å². The number of Topliss-reactive ketones (excluding diaryl/α,β-unsaturated/α-hetero) is 1. The summed E-state index contributed by atoms with van der Waals surface area (Å²) in [5.41, 5.74) is -1.07. The third-order valence-corrected chi connectivity index (χ3v) is 18.4. The molecule has 306 valence electrons. The number of aliphatic carboxylic acids is 1. The van der Waals surface area contributed by atoms with Gasteiger partial charge in [-0.3, -0.25) is 24.0 Å². The highest BCUT2D eigenvalue weighted by Gasteiger charge is 2.83. The number of rotatable bonds is 8. The van der Waals surface area contributed by atoms with Crippen molar-refractivity contribution in [3.05, 3.63) is 35.3 Å². The van der Waals surface area contributed by atoms with Gasteiger partial charge in [-0.05, 0) is 141 Å². The quantitative estimate of drug-likeness (QED) is 0.225. The first-order valence-electron chi connectivity index (χ1n) is 21.3. The van der Waals surface area contributed by atoms with Crippen molar-refractivity contribution in [2.45, 2.75) is 157 Å². The molecule has 6 fully saturated rings. The Morgan fingerprint density at radius 2 is 1.62 bits per heavy atom. The van der Waals surface area contributed by atoms with Crippen LogP contribution < -0.4 is 10.6 Å². The minimum atomic E-state index is -1.23. The van der Waals surface area contributed by atoms with E-state index in [1.807, 2.05) is 6.92 Å². The first-order chi connectivity index (χ1) is 25.9. The molecular weight excluding hydrogens is 709 g/mol. The molecule has 2 amide bonds. The van der Waals surface area contributed by atoms with Crippen LogP contribution in [0.1, 0.15) is 150 Å². The van der Waals surface area contributed by atoms with Gasteiger partial charge in [-0.2, -0.15) is 0 Å². The molecule has 0 aliphatic heterocycles. The second-order valence-corrected chi connectivity index (χ2v) is 21.8. The summed E-state index contributed by atoms with van der Waals surface area (Å²) >= 11 is 0. The van der Waals surface area contributed by atoms with Crippen molar-refractivity contribution >= 4 is 29.5 Å². The molecule has 1 aromatic rings. The summed E-state index contributed by atoms with van der Waals surface area (Å²) in [5.74, 6) is -1.06. The van der Waals surface area contributed by atoms with Crippen molar-refractivity contribution in [1.29, 1.82) is 0 Å². The van der Waals surface area contributed by atoms with Gasteiger partial charge in [0.1, 0.15) is 17.9 Å². The van der Waals surface area contributed by atoms with Crippen LogP contribution in [0.3, 0.4) is 0 Å². The molecule has 1 aromatic heterocycles. The van der Waals surface area contributed by atoms with E-state index in [9.17, 15) is 29.1 Å². The highest BCUT2D eigenvalue weighted by Crippen LogP contribution is 2.81. The van der Waals surface area contributed by atoms with Crippen LogP contribution in [-0.4, -0.2) is 51.8 Å². The topological polar surface area (TPSA) is 152 Å². The van der Waals surface area contributed by atoms with Gasteiger partial charge >= 0.3 is 11.9 Å². The number of carbonyl (C=O) groups is 5.